The molecule has 0 aliphatic carbocycles. The fraction of sp³-hybridized carbons (Fsp3) is 0.438. The maximum absolute atomic E-state index is 11.8. The van der Waals surface area contributed by atoms with Crippen molar-refractivity contribution in [2.45, 2.75) is 39.5 Å². The Kier molecular flexibility index (Phi) is 6.10. The summed E-state index contributed by atoms with van der Waals surface area (Å²) in [4.78, 5) is 34.1. The van der Waals surface area contributed by atoms with Gasteiger partial charge >= 0.3 is 11.9 Å². The van der Waals surface area contributed by atoms with Crippen molar-refractivity contribution in [2.24, 2.45) is 0 Å². The summed E-state index contributed by atoms with van der Waals surface area (Å²) in [6.07, 6.45) is 1.08. The lowest BCUT2D eigenvalue weighted by Crippen LogP contribution is -2.29. The second kappa shape index (κ2) is 7.59. The summed E-state index contributed by atoms with van der Waals surface area (Å²) in [6.45, 7) is 6.03. The van der Waals surface area contributed by atoms with Gasteiger partial charge in [-0.05, 0) is 42.5 Å². The van der Waals surface area contributed by atoms with E-state index in [1.807, 2.05) is 20.8 Å². The normalized spacial score (nSPS) is 11.8. The third-order valence-corrected chi connectivity index (χ3v) is 3.46. The molecule has 0 radical (unpaired) electrons. The first-order valence-corrected chi connectivity index (χ1v) is 7.16. The zero-order valence-electron chi connectivity index (χ0n) is 12.9. The van der Waals surface area contributed by atoms with E-state index in [1.54, 1.807) is 6.07 Å². The van der Waals surface area contributed by atoms with Crippen molar-refractivity contribution in [3.63, 3.8) is 0 Å². The number of Topliss-reactive ketones (excluding diaryl/α,β-unsaturated/α-hetero) is 1. The van der Waals surface area contributed by atoms with E-state index in [9.17, 15) is 19.5 Å². The molecule has 1 aromatic rings. The molecule has 6 heteroatoms. The van der Waals surface area contributed by atoms with Gasteiger partial charge < -0.3 is 14.9 Å². The molecule has 0 aliphatic heterocycles. The molecule has 0 bridgehead atoms. The van der Waals surface area contributed by atoms with Gasteiger partial charge in [0.15, 0.2) is 5.92 Å². The van der Waals surface area contributed by atoms with E-state index < -0.39 is 23.6 Å². The topological polar surface area (TPSA) is 101 Å². The first-order chi connectivity index (χ1) is 10.4. The van der Waals surface area contributed by atoms with Crippen LogP contribution in [0.4, 0.5) is 0 Å². The maximum Gasteiger partial charge on any atom is 0.373 e. The molecule has 0 aromatic heterocycles. The summed E-state index contributed by atoms with van der Waals surface area (Å²) in [5.74, 6) is -5.62. The van der Waals surface area contributed by atoms with Crippen molar-refractivity contribution < 1.29 is 29.3 Å². The summed E-state index contributed by atoms with van der Waals surface area (Å²) < 4.78 is 5.52. The minimum atomic E-state index is -1.75. The van der Waals surface area contributed by atoms with E-state index in [0.717, 1.165) is 5.56 Å². The molecule has 120 valence electrons. The fourth-order valence-electron chi connectivity index (χ4n) is 2.57. The molecule has 0 spiro atoms. The number of ether oxygens (including phenoxy) is 1. The van der Waals surface area contributed by atoms with Crippen LogP contribution in [0.5, 0.6) is 5.75 Å². The van der Waals surface area contributed by atoms with Gasteiger partial charge in [0, 0.05) is 0 Å². The number of hydrogen-bond donors (Lipinski definition) is 2. The van der Waals surface area contributed by atoms with Crippen molar-refractivity contribution >= 4 is 17.7 Å². The average Bonchev–Trinajstić information content (AvgIpc) is 2.47. The maximum atomic E-state index is 11.8. The van der Waals surface area contributed by atoms with Crippen molar-refractivity contribution in [1.29, 1.82) is 0 Å². The molecule has 22 heavy (non-hydrogen) atoms. The molecule has 1 aromatic carbocycles. The van der Waals surface area contributed by atoms with E-state index in [0.29, 0.717) is 30.8 Å². The Hall–Kier alpha value is -2.37. The number of rotatable bonds is 8. The molecule has 0 amide bonds. The van der Waals surface area contributed by atoms with Crippen molar-refractivity contribution in [3.05, 3.63) is 28.8 Å². The van der Waals surface area contributed by atoms with E-state index in [4.69, 9.17) is 9.84 Å². The molecule has 0 fully saturated rings. The fourth-order valence-corrected chi connectivity index (χ4v) is 2.57. The first-order valence-electron chi connectivity index (χ1n) is 7.16. The van der Waals surface area contributed by atoms with E-state index >= 15 is 0 Å². The highest BCUT2D eigenvalue weighted by molar-refractivity contribution is 6.39. The molecule has 0 aliphatic rings. The van der Waals surface area contributed by atoms with Gasteiger partial charge in [-0.1, -0.05) is 19.9 Å². The Bertz CT molecular complexity index is 591. The SMILES string of the molecule is CCOc1ccc(C(C(=O)O)C(=O)C(=O)O)c(CC)c1CC. The van der Waals surface area contributed by atoms with Crippen LogP contribution >= 0.6 is 0 Å². The van der Waals surface area contributed by atoms with Gasteiger partial charge in [0.05, 0.1) is 6.61 Å². The minimum Gasteiger partial charge on any atom is -0.494 e. The van der Waals surface area contributed by atoms with Crippen LogP contribution in [0.25, 0.3) is 0 Å². The first kappa shape index (κ1) is 17.7. The van der Waals surface area contributed by atoms with Crippen LogP contribution in [0.15, 0.2) is 12.1 Å². The third-order valence-electron chi connectivity index (χ3n) is 3.46. The molecule has 2 N–H and O–H groups in total. The molecule has 0 saturated carbocycles. The Morgan fingerprint density at radius 3 is 2.05 bits per heavy atom. The highest BCUT2D eigenvalue weighted by Gasteiger charge is 2.35. The van der Waals surface area contributed by atoms with Gasteiger partial charge in [-0.15, -0.1) is 0 Å². The second-order valence-corrected chi connectivity index (χ2v) is 4.69. The van der Waals surface area contributed by atoms with Gasteiger partial charge in [-0.2, -0.15) is 0 Å². The highest BCUT2D eigenvalue weighted by Crippen LogP contribution is 2.32. The summed E-state index contributed by atoms with van der Waals surface area (Å²) in [7, 11) is 0. The second-order valence-electron chi connectivity index (χ2n) is 4.69. The summed E-state index contributed by atoms with van der Waals surface area (Å²) in [5.41, 5.74) is 1.70. The van der Waals surface area contributed by atoms with Gasteiger partial charge in [-0.3, -0.25) is 9.59 Å². The van der Waals surface area contributed by atoms with Crippen molar-refractivity contribution in [1.82, 2.24) is 0 Å². The molecular weight excluding hydrogens is 288 g/mol. The smallest absolute Gasteiger partial charge is 0.373 e. The van der Waals surface area contributed by atoms with Crippen LogP contribution in [0.1, 0.15) is 43.4 Å². The zero-order valence-corrected chi connectivity index (χ0v) is 12.9. The van der Waals surface area contributed by atoms with Crippen LogP contribution in [0, 0.1) is 0 Å². The predicted molar refractivity (Wildman–Crippen MR) is 79.4 cm³/mol. The van der Waals surface area contributed by atoms with Crippen LogP contribution < -0.4 is 4.74 Å². The lowest BCUT2D eigenvalue weighted by Gasteiger charge is -2.19. The largest absolute Gasteiger partial charge is 0.494 e. The van der Waals surface area contributed by atoms with Crippen molar-refractivity contribution in [3.8, 4) is 5.75 Å². The van der Waals surface area contributed by atoms with Gasteiger partial charge in [0.25, 0.3) is 5.78 Å². The zero-order chi connectivity index (χ0) is 16.9. The number of hydrogen-bond acceptors (Lipinski definition) is 4. The lowest BCUT2D eigenvalue weighted by molar-refractivity contribution is -0.154. The molecule has 1 atom stereocenters. The monoisotopic (exact) mass is 308 g/mol. The van der Waals surface area contributed by atoms with Crippen LogP contribution in [0.3, 0.4) is 0 Å². The third kappa shape index (κ3) is 3.44. The molecular formula is C16H20O6. The van der Waals surface area contributed by atoms with Crippen LogP contribution in [-0.2, 0) is 27.2 Å². The van der Waals surface area contributed by atoms with Crippen LogP contribution in [-0.4, -0.2) is 34.5 Å². The van der Waals surface area contributed by atoms with Crippen LogP contribution in [0.2, 0.25) is 0 Å². The number of benzene rings is 1. The molecule has 1 unspecified atom stereocenters. The Labute approximate surface area is 128 Å². The molecule has 1 rings (SSSR count). The molecule has 0 heterocycles. The van der Waals surface area contributed by atoms with E-state index in [2.05, 4.69) is 0 Å². The summed E-state index contributed by atoms with van der Waals surface area (Å²) >= 11 is 0. The summed E-state index contributed by atoms with van der Waals surface area (Å²) in [6, 6.07) is 3.07. The quantitative estimate of drug-likeness (QED) is 0.563. The predicted octanol–water partition coefficient (Wildman–Crippen LogP) is 2.03. The number of carbonyl (C=O) groups excluding carboxylic acids is 1. The van der Waals surface area contributed by atoms with Crippen molar-refractivity contribution in [2.75, 3.05) is 6.61 Å². The van der Waals surface area contributed by atoms with Gasteiger partial charge in [-0.25, -0.2) is 4.79 Å². The lowest BCUT2D eigenvalue weighted by atomic mass is 9.86. The number of aliphatic carboxylic acids is 2. The number of carboxylic acid groups (broad SMARTS) is 2. The van der Waals surface area contributed by atoms with E-state index in [1.165, 1.54) is 6.07 Å². The van der Waals surface area contributed by atoms with Gasteiger partial charge in [0.2, 0.25) is 0 Å². The average molecular weight is 308 g/mol. The Morgan fingerprint density at radius 2 is 1.64 bits per heavy atom. The standard InChI is InChI=1S/C16H20O6/c1-4-9-10(5-2)12(22-6-3)8-7-11(9)13(15(18)19)14(17)16(20)21/h7-8,13H,4-6H2,1-3H3,(H,18,19)(H,20,21). The number of carboxylic acids is 2. The minimum absolute atomic E-state index is 0.225. The number of carbonyl (C=O) groups is 3. The Morgan fingerprint density at radius 1 is 1.05 bits per heavy atom. The molecule has 6 nitrogen and oxygen atoms in total. The Balaban J connectivity index is 3.53. The summed E-state index contributed by atoms with van der Waals surface area (Å²) in [5, 5.41) is 18.1. The molecule has 0 saturated heterocycles. The van der Waals surface area contributed by atoms with Gasteiger partial charge in [0.1, 0.15) is 5.75 Å². The van der Waals surface area contributed by atoms with E-state index in [-0.39, 0.29) is 5.56 Å². The number of ketones is 1. The highest BCUT2D eigenvalue weighted by atomic mass is 16.5.